The van der Waals surface area contributed by atoms with Crippen LogP contribution in [0.25, 0.3) is 0 Å². The Hall–Kier alpha value is -0.601. The minimum absolute atomic E-state index is 0. The minimum atomic E-state index is 0. The summed E-state index contributed by atoms with van der Waals surface area (Å²) in [5.74, 6) is 0. The number of rotatable bonds is 6. The molecular weight excluding hydrogens is 395 g/mol. The van der Waals surface area contributed by atoms with Gasteiger partial charge in [-0.1, -0.05) is 52.4 Å². The van der Waals surface area contributed by atoms with Crippen molar-refractivity contribution in [1.82, 2.24) is 9.80 Å². The predicted molar refractivity (Wildman–Crippen MR) is 124 cm³/mol. The summed E-state index contributed by atoms with van der Waals surface area (Å²) in [6.45, 7) is 20.1. The van der Waals surface area contributed by atoms with Gasteiger partial charge in [0.15, 0.2) is 0 Å². The van der Waals surface area contributed by atoms with E-state index in [1.165, 1.54) is 46.3 Å². The van der Waals surface area contributed by atoms with Gasteiger partial charge in [-0.15, -0.1) is 13.8 Å². The summed E-state index contributed by atoms with van der Waals surface area (Å²) in [4.78, 5) is 4.48. The van der Waals surface area contributed by atoms with Gasteiger partial charge in [-0.05, 0) is 54.1 Å². The van der Waals surface area contributed by atoms with Gasteiger partial charge in [0.05, 0.1) is 0 Å². The Kier molecular flexibility index (Phi) is 10.9. The zero-order valence-electron chi connectivity index (χ0n) is 21.1. The monoisotopic (exact) mass is 439 g/mol. The number of hydrogen-bond donors (Lipinski definition) is 0. The Morgan fingerprint density at radius 2 is 0.897 bits per heavy atom. The van der Waals surface area contributed by atoms with Crippen LogP contribution in [-0.2, 0) is 17.1 Å². The van der Waals surface area contributed by atoms with Gasteiger partial charge < -0.3 is 9.80 Å². The second kappa shape index (κ2) is 11.1. The average Bonchev–Trinajstić information content (AvgIpc) is 2.92. The molecule has 0 spiro atoms. The largest absolute Gasteiger partial charge is 2.00 e. The molecule has 0 heterocycles. The molecule has 0 aromatic carbocycles. The summed E-state index contributed by atoms with van der Waals surface area (Å²) in [5, 5.41) is 0. The molecule has 2 aliphatic rings. The van der Waals surface area contributed by atoms with Crippen LogP contribution in [-0.4, -0.2) is 51.1 Å². The van der Waals surface area contributed by atoms with Gasteiger partial charge in [-0.25, -0.2) is 11.1 Å². The van der Waals surface area contributed by atoms with Crippen molar-refractivity contribution in [2.75, 3.05) is 41.3 Å². The molecular formula is C26H44MnN2. The van der Waals surface area contributed by atoms with E-state index in [1.807, 2.05) is 0 Å². The van der Waals surface area contributed by atoms with E-state index in [1.54, 1.807) is 0 Å². The second-order valence-electron chi connectivity index (χ2n) is 9.77. The smallest absolute Gasteiger partial charge is 0.309 e. The molecule has 0 bridgehead atoms. The molecule has 2 atom stereocenters. The van der Waals surface area contributed by atoms with E-state index in [0.717, 1.165) is 13.1 Å². The third-order valence-electron chi connectivity index (χ3n) is 6.95. The second-order valence-corrected chi connectivity index (χ2v) is 9.77. The zero-order chi connectivity index (χ0) is 21.9. The molecule has 165 valence electrons. The van der Waals surface area contributed by atoms with Crippen LogP contribution in [0.1, 0.15) is 68.2 Å². The van der Waals surface area contributed by atoms with Crippen molar-refractivity contribution in [3.05, 3.63) is 45.6 Å². The Bertz CT molecular complexity index is 633. The molecule has 0 aromatic heterocycles. The van der Waals surface area contributed by atoms with Gasteiger partial charge in [0.1, 0.15) is 0 Å². The van der Waals surface area contributed by atoms with Gasteiger partial charge in [-0.3, -0.25) is 12.2 Å². The molecule has 2 aliphatic carbocycles. The van der Waals surface area contributed by atoms with Crippen LogP contribution in [0.2, 0.25) is 0 Å². The van der Waals surface area contributed by atoms with Crippen molar-refractivity contribution < 1.29 is 17.1 Å². The third kappa shape index (κ3) is 7.24. The first-order valence-corrected chi connectivity index (χ1v) is 10.6. The summed E-state index contributed by atoms with van der Waals surface area (Å²) in [6, 6.07) is 0. The van der Waals surface area contributed by atoms with Crippen LogP contribution in [0.4, 0.5) is 0 Å². The normalized spacial score (nSPS) is 26.6. The van der Waals surface area contributed by atoms with Gasteiger partial charge in [0, 0.05) is 0 Å². The van der Waals surface area contributed by atoms with Gasteiger partial charge >= 0.3 is 17.1 Å². The molecule has 0 amide bonds. The van der Waals surface area contributed by atoms with E-state index >= 15 is 0 Å². The fourth-order valence-corrected chi connectivity index (χ4v) is 3.99. The molecule has 2 rings (SSSR count). The van der Waals surface area contributed by atoms with Crippen molar-refractivity contribution in [2.45, 2.75) is 68.2 Å². The van der Waals surface area contributed by atoms with Gasteiger partial charge in [0.25, 0.3) is 0 Å². The van der Waals surface area contributed by atoms with Crippen LogP contribution in [0.3, 0.4) is 0 Å². The Labute approximate surface area is 192 Å². The minimum Gasteiger partial charge on any atom is -0.309 e. The first-order chi connectivity index (χ1) is 12.7. The fourth-order valence-electron chi connectivity index (χ4n) is 3.99. The van der Waals surface area contributed by atoms with Gasteiger partial charge in [-0.2, -0.15) is 22.3 Å². The van der Waals surface area contributed by atoms with E-state index in [2.05, 4.69) is 106 Å². The van der Waals surface area contributed by atoms with E-state index in [-0.39, 0.29) is 27.9 Å². The van der Waals surface area contributed by atoms with Crippen molar-refractivity contribution in [3.63, 3.8) is 0 Å². The van der Waals surface area contributed by atoms with E-state index in [9.17, 15) is 0 Å². The van der Waals surface area contributed by atoms with Crippen LogP contribution < -0.4 is 0 Å². The summed E-state index contributed by atoms with van der Waals surface area (Å²) in [7, 11) is 8.50. The fraction of sp³-hybridized carbons (Fsp3) is 0.692. The summed E-state index contributed by atoms with van der Waals surface area (Å²) >= 11 is 0. The molecule has 0 saturated carbocycles. The molecule has 3 heteroatoms. The summed E-state index contributed by atoms with van der Waals surface area (Å²) < 4.78 is 0. The quantitative estimate of drug-likeness (QED) is 0.365. The van der Waals surface area contributed by atoms with E-state index in [0.29, 0.717) is 0 Å². The molecule has 0 aliphatic heterocycles. The van der Waals surface area contributed by atoms with Crippen LogP contribution >= 0.6 is 0 Å². The van der Waals surface area contributed by atoms with E-state index in [4.69, 9.17) is 0 Å². The molecule has 29 heavy (non-hydrogen) atoms. The van der Waals surface area contributed by atoms with Crippen molar-refractivity contribution in [3.8, 4) is 0 Å². The Morgan fingerprint density at radius 1 is 0.621 bits per heavy atom. The maximum atomic E-state index is 3.60. The van der Waals surface area contributed by atoms with Gasteiger partial charge in [0.2, 0.25) is 0 Å². The third-order valence-corrected chi connectivity index (χ3v) is 6.95. The molecule has 2 nitrogen and oxygen atoms in total. The van der Waals surface area contributed by atoms with Crippen molar-refractivity contribution >= 4 is 0 Å². The van der Waals surface area contributed by atoms with Crippen LogP contribution in [0.5, 0.6) is 0 Å². The molecule has 0 N–H and O–H groups in total. The molecule has 0 fully saturated rings. The van der Waals surface area contributed by atoms with Crippen molar-refractivity contribution in [2.24, 2.45) is 10.8 Å². The van der Waals surface area contributed by atoms with Crippen molar-refractivity contribution in [1.29, 1.82) is 0 Å². The SMILES string of the molecule is CC1=[C-]C(C)(CCN(C)C)C(C)=C1C.CC1=[C-]C(C)(CCN(C)C)C(C)=C1C.[Mn+2]. The van der Waals surface area contributed by atoms with Crippen LogP contribution in [0.15, 0.2) is 33.4 Å². The average molecular weight is 440 g/mol. The number of allylic oxidation sites excluding steroid dienone is 8. The van der Waals surface area contributed by atoms with Crippen LogP contribution in [0, 0.1) is 23.0 Å². The molecule has 1 radical (unpaired) electrons. The zero-order valence-corrected chi connectivity index (χ0v) is 22.3. The Morgan fingerprint density at radius 3 is 1.07 bits per heavy atom. The summed E-state index contributed by atoms with van der Waals surface area (Å²) in [6.07, 6.45) is 9.54. The maximum absolute atomic E-state index is 3.60. The predicted octanol–water partition coefficient (Wildman–Crippen LogP) is 6.09. The number of hydrogen-bond acceptors (Lipinski definition) is 2. The Balaban J connectivity index is 0.000000523. The molecule has 0 aromatic rings. The molecule has 0 saturated heterocycles. The number of nitrogens with zero attached hydrogens (tertiary/aromatic N) is 2. The maximum Gasteiger partial charge on any atom is 2.00 e. The summed E-state index contributed by atoms with van der Waals surface area (Å²) in [5.41, 5.74) is 8.90. The standard InChI is InChI=1S/2C13H22N.Mn/c2*1-10-9-13(4,7-8-14(5)6)12(3)11(10)2;/h2*7-8H2,1-6H3;/q2*-1;+2. The topological polar surface area (TPSA) is 6.48 Å². The first kappa shape index (κ1) is 28.4. The first-order valence-electron chi connectivity index (χ1n) is 10.6. The molecule has 2 unspecified atom stereocenters. The van der Waals surface area contributed by atoms with E-state index < -0.39 is 0 Å².